The topological polar surface area (TPSA) is 57.6 Å². The number of hydrogen-bond acceptors (Lipinski definition) is 3. The minimum absolute atomic E-state index is 0.0670. The third kappa shape index (κ3) is 3.12. The smallest absolute Gasteiger partial charge is 0.309 e. The standard InChI is InChI=1S/C16H23NO3S/c1-3-6-16(15(19)20)7-9-17(10-8-16)14(18)13-12(4-2)5-11-21-13/h5,11H,3-4,6-10H2,1-2H3,(H,19,20). The third-order valence-corrected chi connectivity index (χ3v) is 5.46. The summed E-state index contributed by atoms with van der Waals surface area (Å²) >= 11 is 1.48. The number of nitrogens with zero attached hydrogens (tertiary/aromatic N) is 1. The largest absolute Gasteiger partial charge is 0.481 e. The van der Waals surface area contributed by atoms with Crippen LogP contribution in [0.15, 0.2) is 11.4 Å². The van der Waals surface area contributed by atoms with Crippen LogP contribution in [-0.2, 0) is 11.2 Å². The van der Waals surface area contributed by atoms with Gasteiger partial charge in [-0.3, -0.25) is 9.59 Å². The lowest BCUT2D eigenvalue weighted by atomic mass is 9.75. The molecule has 0 saturated carbocycles. The van der Waals surface area contributed by atoms with Crippen molar-refractivity contribution < 1.29 is 14.7 Å². The number of piperidine rings is 1. The molecule has 1 aliphatic heterocycles. The molecule has 1 saturated heterocycles. The van der Waals surface area contributed by atoms with Crippen LogP contribution < -0.4 is 0 Å². The molecule has 0 atom stereocenters. The number of likely N-dealkylation sites (tertiary alicyclic amines) is 1. The lowest BCUT2D eigenvalue weighted by molar-refractivity contribution is -0.152. The number of carboxylic acids is 1. The number of aryl methyl sites for hydroxylation is 1. The van der Waals surface area contributed by atoms with E-state index >= 15 is 0 Å². The molecule has 0 unspecified atom stereocenters. The predicted octanol–water partition coefficient (Wildman–Crippen LogP) is 3.42. The molecule has 0 spiro atoms. The third-order valence-electron chi connectivity index (χ3n) is 4.51. The van der Waals surface area contributed by atoms with Crippen molar-refractivity contribution in [3.05, 3.63) is 21.9 Å². The van der Waals surface area contributed by atoms with Gasteiger partial charge in [0.05, 0.1) is 10.3 Å². The van der Waals surface area contributed by atoms with E-state index in [4.69, 9.17) is 0 Å². The van der Waals surface area contributed by atoms with Gasteiger partial charge in [-0.15, -0.1) is 11.3 Å². The molecule has 1 amide bonds. The van der Waals surface area contributed by atoms with E-state index in [1.165, 1.54) is 11.3 Å². The minimum atomic E-state index is -0.707. The molecular weight excluding hydrogens is 286 g/mol. The molecule has 2 heterocycles. The highest BCUT2D eigenvalue weighted by Crippen LogP contribution is 2.37. The van der Waals surface area contributed by atoms with Crippen LogP contribution in [0.1, 0.15) is 54.8 Å². The highest BCUT2D eigenvalue weighted by atomic mass is 32.1. The highest BCUT2D eigenvalue weighted by molar-refractivity contribution is 7.12. The van der Waals surface area contributed by atoms with Crippen molar-refractivity contribution in [3.63, 3.8) is 0 Å². The maximum Gasteiger partial charge on any atom is 0.309 e. The van der Waals surface area contributed by atoms with Gasteiger partial charge >= 0.3 is 5.97 Å². The molecule has 2 rings (SSSR count). The first-order valence-corrected chi connectivity index (χ1v) is 8.51. The van der Waals surface area contributed by atoms with Crippen molar-refractivity contribution in [1.29, 1.82) is 0 Å². The maximum atomic E-state index is 12.6. The molecule has 116 valence electrons. The Morgan fingerprint density at radius 3 is 2.52 bits per heavy atom. The maximum absolute atomic E-state index is 12.6. The van der Waals surface area contributed by atoms with Crippen LogP contribution in [0.2, 0.25) is 0 Å². The highest BCUT2D eigenvalue weighted by Gasteiger charge is 2.41. The van der Waals surface area contributed by atoms with Crippen molar-refractivity contribution in [1.82, 2.24) is 4.90 Å². The van der Waals surface area contributed by atoms with E-state index in [1.807, 2.05) is 30.2 Å². The van der Waals surface area contributed by atoms with Gasteiger partial charge in [-0.2, -0.15) is 0 Å². The first-order chi connectivity index (χ1) is 10.0. The van der Waals surface area contributed by atoms with Crippen molar-refractivity contribution in [2.75, 3.05) is 13.1 Å². The van der Waals surface area contributed by atoms with Crippen LogP contribution >= 0.6 is 11.3 Å². The summed E-state index contributed by atoms with van der Waals surface area (Å²) in [7, 11) is 0. The molecule has 1 aromatic rings. The lowest BCUT2D eigenvalue weighted by Crippen LogP contribution is -2.46. The Bertz CT molecular complexity index is 515. The number of aliphatic carboxylic acids is 1. The fourth-order valence-electron chi connectivity index (χ4n) is 3.13. The Labute approximate surface area is 129 Å². The summed E-state index contributed by atoms with van der Waals surface area (Å²) in [5, 5.41) is 11.5. The first kappa shape index (κ1) is 16.0. The summed E-state index contributed by atoms with van der Waals surface area (Å²) in [6.07, 6.45) is 3.55. The molecular formula is C16H23NO3S. The Morgan fingerprint density at radius 2 is 2.00 bits per heavy atom. The van der Waals surface area contributed by atoms with E-state index in [2.05, 4.69) is 0 Å². The van der Waals surface area contributed by atoms with Crippen LogP contribution in [0.25, 0.3) is 0 Å². The minimum Gasteiger partial charge on any atom is -0.481 e. The molecule has 1 fully saturated rings. The van der Waals surface area contributed by atoms with E-state index < -0.39 is 11.4 Å². The molecule has 1 aliphatic rings. The number of amides is 1. The van der Waals surface area contributed by atoms with Crippen molar-refractivity contribution in [2.45, 2.75) is 46.0 Å². The van der Waals surface area contributed by atoms with E-state index in [1.54, 1.807) is 0 Å². The number of rotatable bonds is 5. The number of hydrogen-bond donors (Lipinski definition) is 1. The average Bonchev–Trinajstić information content (AvgIpc) is 2.96. The van der Waals surface area contributed by atoms with E-state index in [0.717, 1.165) is 23.3 Å². The second-order valence-electron chi connectivity index (χ2n) is 5.76. The molecule has 4 nitrogen and oxygen atoms in total. The summed E-state index contributed by atoms with van der Waals surface area (Å²) in [4.78, 5) is 26.8. The normalized spacial score (nSPS) is 17.7. The van der Waals surface area contributed by atoms with Crippen LogP contribution in [-0.4, -0.2) is 35.0 Å². The Kier molecular flexibility index (Phi) is 5.04. The van der Waals surface area contributed by atoms with Crippen LogP contribution in [0, 0.1) is 5.41 Å². The summed E-state index contributed by atoms with van der Waals surface area (Å²) in [6.45, 7) is 5.16. The number of carbonyl (C=O) groups is 2. The fraction of sp³-hybridized carbons (Fsp3) is 0.625. The van der Waals surface area contributed by atoms with Gasteiger partial charge in [0.15, 0.2) is 0 Å². The van der Waals surface area contributed by atoms with Gasteiger partial charge in [0.2, 0.25) is 0 Å². The van der Waals surface area contributed by atoms with Crippen LogP contribution in [0.3, 0.4) is 0 Å². The molecule has 0 aliphatic carbocycles. The second-order valence-corrected chi connectivity index (χ2v) is 6.67. The summed E-state index contributed by atoms with van der Waals surface area (Å²) in [5.41, 5.74) is 0.461. The van der Waals surface area contributed by atoms with Gasteiger partial charge in [0, 0.05) is 13.1 Å². The van der Waals surface area contributed by atoms with E-state index in [9.17, 15) is 14.7 Å². The molecule has 1 aromatic heterocycles. The van der Waals surface area contributed by atoms with Crippen molar-refractivity contribution in [2.24, 2.45) is 5.41 Å². The quantitative estimate of drug-likeness (QED) is 0.906. The van der Waals surface area contributed by atoms with Crippen LogP contribution in [0.5, 0.6) is 0 Å². The Balaban J connectivity index is 2.07. The lowest BCUT2D eigenvalue weighted by Gasteiger charge is -2.38. The van der Waals surface area contributed by atoms with Gasteiger partial charge in [0.1, 0.15) is 0 Å². The van der Waals surface area contributed by atoms with E-state index in [-0.39, 0.29) is 5.91 Å². The number of thiophene rings is 1. The van der Waals surface area contributed by atoms with Gasteiger partial charge in [0.25, 0.3) is 5.91 Å². The summed E-state index contributed by atoms with van der Waals surface area (Å²) < 4.78 is 0. The van der Waals surface area contributed by atoms with Gasteiger partial charge in [-0.05, 0) is 42.7 Å². The predicted molar refractivity (Wildman–Crippen MR) is 83.8 cm³/mol. The zero-order chi connectivity index (χ0) is 15.5. The zero-order valence-electron chi connectivity index (χ0n) is 12.7. The number of carbonyl (C=O) groups excluding carboxylic acids is 1. The Hall–Kier alpha value is -1.36. The summed E-state index contributed by atoms with van der Waals surface area (Å²) in [5.74, 6) is -0.640. The molecule has 1 N–H and O–H groups in total. The molecule has 0 radical (unpaired) electrons. The van der Waals surface area contributed by atoms with E-state index in [0.29, 0.717) is 32.4 Å². The van der Waals surface area contributed by atoms with Gasteiger partial charge in [-0.25, -0.2) is 0 Å². The van der Waals surface area contributed by atoms with Crippen molar-refractivity contribution >= 4 is 23.2 Å². The van der Waals surface area contributed by atoms with Gasteiger partial charge < -0.3 is 10.0 Å². The summed E-state index contributed by atoms with van der Waals surface area (Å²) in [6, 6.07) is 2.00. The molecule has 21 heavy (non-hydrogen) atoms. The zero-order valence-corrected chi connectivity index (χ0v) is 13.5. The fourth-order valence-corrected chi connectivity index (χ4v) is 4.09. The van der Waals surface area contributed by atoms with Crippen molar-refractivity contribution in [3.8, 4) is 0 Å². The number of carboxylic acid groups (broad SMARTS) is 1. The molecule has 0 aromatic carbocycles. The SMILES string of the molecule is CCCC1(C(=O)O)CCN(C(=O)c2sccc2CC)CC1. The average molecular weight is 309 g/mol. The Morgan fingerprint density at radius 1 is 1.33 bits per heavy atom. The molecule has 0 bridgehead atoms. The van der Waals surface area contributed by atoms with Crippen LogP contribution in [0.4, 0.5) is 0 Å². The molecule has 5 heteroatoms. The monoisotopic (exact) mass is 309 g/mol. The second kappa shape index (κ2) is 6.60. The first-order valence-electron chi connectivity index (χ1n) is 7.63. The van der Waals surface area contributed by atoms with Gasteiger partial charge in [-0.1, -0.05) is 20.3 Å².